The Morgan fingerprint density at radius 1 is 1.47 bits per heavy atom. The minimum absolute atomic E-state index is 0.421. The summed E-state index contributed by atoms with van der Waals surface area (Å²) in [6, 6.07) is 0.421. The second-order valence-corrected chi connectivity index (χ2v) is 4.41. The third kappa shape index (κ3) is 4.93. The number of hydroxylamine groups is 1. The lowest BCUT2D eigenvalue weighted by Gasteiger charge is -2.33. The van der Waals surface area contributed by atoms with Gasteiger partial charge in [0.15, 0.2) is 0 Å². The van der Waals surface area contributed by atoms with Crippen LogP contribution >= 0.6 is 0 Å². The van der Waals surface area contributed by atoms with E-state index in [1.807, 2.05) is 0 Å². The molecule has 1 aliphatic rings. The molecule has 0 spiro atoms. The standard InChI is InChI=1S/C11H24N2O2/c1-10(12-15-8-7-14-3)11-5-4-6-13(2)9-11/h10-12H,4-9H2,1-3H3. The summed E-state index contributed by atoms with van der Waals surface area (Å²) in [7, 11) is 3.87. The first-order valence-corrected chi connectivity index (χ1v) is 5.79. The van der Waals surface area contributed by atoms with Crippen molar-refractivity contribution in [2.75, 3.05) is 40.5 Å². The molecule has 0 saturated carbocycles. The van der Waals surface area contributed by atoms with E-state index in [0.717, 1.165) is 0 Å². The van der Waals surface area contributed by atoms with E-state index in [1.54, 1.807) is 7.11 Å². The first-order valence-electron chi connectivity index (χ1n) is 5.79. The lowest BCUT2D eigenvalue weighted by atomic mass is 9.92. The van der Waals surface area contributed by atoms with Crippen LogP contribution in [0, 0.1) is 5.92 Å². The van der Waals surface area contributed by atoms with Crippen LogP contribution in [0.4, 0.5) is 0 Å². The number of rotatable bonds is 6. The summed E-state index contributed by atoms with van der Waals surface area (Å²) in [5, 5.41) is 0. The molecule has 2 unspecified atom stereocenters. The molecule has 0 aromatic heterocycles. The van der Waals surface area contributed by atoms with Crippen LogP contribution in [0.15, 0.2) is 0 Å². The number of hydrogen-bond acceptors (Lipinski definition) is 4. The van der Waals surface area contributed by atoms with Crippen LogP contribution in [-0.2, 0) is 9.57 Å². The largest absolute Gasteiger partial charge is 0.382 e. The number of likely N-dealkylation sites (tertiary alicyclic amines) is 1. The molecule has 0 aromatic carbocycles. The van der Waals surface area contributed by atoms with Crippen LogP contribution < -0.4 is 5.48 Å². The zero-order chi connectivity index (χ0) is 11.1. The Kier molecular flexibility index (Phi) is 6.17. The molecule has 1 heterocycles. The van der Waals surface area contributed by atoms with Crippen LogP contribution in [-0.4, -0.2) is 51.4 Å². The molecule has 1 fully saturated rings. The van der Waals surface area contributed by atoms with Gasteiger partial charge in [-0.25, -0.2) is 0 Å². The minimum Gasteiger partial charge on any atom is -0.382 e. The Labute approximate surface area is 92.9 Å². The highest BCUT2D eigenvalue weighted by molar-refractivity contribution is 4.77. The van der Waals surface area contributed by atoms with E-state index in [0.29, 0.717) is 25.2 Å². The van der Waals surface area contributed by atoms with E-state index in [1.165, 1.54) is 25.9 Å². The summed E-state index contributed by atoms with van der Waals surface area (Å²) >= 11 is 0. The van der Waals surface area contributed by atoms with Crippen LogP contribution in [0.25, 0.3) is 0 Å². The van der Waals surface area contributed by atoms with Gasteiger partial charge < -0.3 is 9.64 Å². The normalized spacial score (nSPS) is 25.4. The van der Waals surface area contributed by atoms with Crippen LogP contribution in [0.2, 0.25) is 0 Å². The fourth-order valence-corrected chi connectivity index (χ4v) is 2.03. The molecule has 1 N–H and O–H groups in total. The van der Waals surface area contributed by atoms with Crippen molar-refractivity contribution in [2.24, 2.45) is 5.92 Å². The molecule has 0 radical (unpaired) electrons. The SMILES string of the molecule is COCCONC(C)C1CCCN(C)C1. The van der Waals surface area contributed by atoms with Crippen molar-refractivity contribution in [3.05, 3.63) is 0 Å². The van der Waals surface area contributed by atoms with Gasteiger partial charge in [-0.3, -0.25) is 4.84 Å². The van der Waals surface area contributed by atoms with Crippen LogP contribution in [0.5, 0.6) is 0 Å². The summed E-state index contributed by atoms with van der Waals surface area (Å²) in [4.78, 5) is 7.72. The van der Waals surface area contributed by atoms with Gasteiger partial charge >= 0.3 is 0 Å². The van der Waals surface area contributed by atoms with E-state index < -0.39 is 0 Å². The average Bonchev–Trinajstić information content (AvgIpc) is 2.24. The second kappa shape index (κ2) is 7.17. The molecule has 15 heavy (non-hydrogen) atoms. The lowest BCUT2D eigenvalue weighted by Crippen LogP contribution is -2.43. The highest BCUT2D eigenvalue weighted by Crippen LogP contribution is 2.18. The number of piperidine rings is 1. The summed E-state index contributed by atoms with van der Waals surface area (Å²) in [6.45, 7) is 5.85. The summed E-state index contributed by atoms with van der Waals surface area (Å²) in [6.07, 6.45) is 2.59. The van der Waals surface area contributed by atoms with E-state index in [-0.39, 0.29) is 0 Å². The molecule has 2 atom stereocenters. The van der Waals surface area contributed by atoms with E-state index in [4.69, 9.17) is 9.57 Å². The second-order valence-electron chi connectivity index (χ2n) is 4.41. The maximum absolute atomic E-state index is 5.33. The number of methoxy groups -OCH3 is 1. The molecule has 0 bridgehead atoms. The van der Waals surface area contributed by atoms with Gasteiger partial charge in [-0.1, -0.05) is 0 Å². The fourth-order valence-electron chi connectivity index (χ4n) is 2.03. The monoisotopic (exact) mass is 216 g/mol. The maximum atomic E-state index is 5.33. The van der Waals surface area contributed by atoms with Crippen LogP contribution in [0.1, 0.15) is 19.8 Å². The fraction of sp³-hybridized carbons (Fsp3) is 1.00. The van der Waals surface area contributed by atoms with Gasteiger partial charge in [0, 0.05) is 19.7 Å². The van der Waals surface area contributed by atoms with Gasteiger partial charge in [-0.2, -0.15) is 5.48 Å². The predicted octanol–water partition coefficient (Wildman–Crippen LogP) is 0.884. The average molecular weight is 216 g/mol. The molecule has 1 aliphatic heterocycles. The maximum Gasteiger partial charge on any atom is 0.0915 e. The number of hydrogen-bond donors (Lipinski definition) is 1. The number of ether oxygens (including phenoxy) is 1. The molecule has 90 valence electrons. The Bertz CT molecular complexity index is 167. The Morgan fingerprint density at radius 3 is 2.93 bits per heavy atom. The Morgan fingerprint density at radius 2 is 2.27 bits per heavy atom. The predicted molar refractivity (Wildman–Crippen MR) is 60.6 cm³/mol. The van der Waals surface area contributed by atoms with E-state index >= 15 is 0 Å². The quantitative estimate of drug-likeness (QED) is 0.528. The third-order valence-electron chi connectivity index (χ3n) is 3.03. The van der Waals surface area contributed by atoms with Gasteiger partial charge in [-0.05, 0) is 39.3 Å². The van der Waals surface area contributed by atoms with Crippen molar-refractivity contribution in [3.63, 3.8) is 0 Å². The number of nitrogens with one attached hydrogen (secondary N) is 1. The van der Waals surface area contributed by atoms with Gasteiger partial charge in [-0.15, -0.1) is 0 Å². The van der Waals surface area contributed by atoms with Gasteiger partial charge in [0.2, 0.25) is 0 Å². The Hall–Kier alpha value is -0.160. The summed E-state index contributed by atoms with van der Waals surface area (Å²) < 4.78 is 4.91. The van der Waals surface area contributed by atoms with Gasteiger partial charge in [0.05, 0.1) is 13.2 Å². The summed E-state index contributed by atoms with van der Waals surface area (Å²) in [5.41, 5.74) is 3.10. The molecule has 0 amide bonds. The summed E-state index contributed by atoms with van der Waals surface area (Å²) in [5.74, 6) is 0.700. The van der Waals surface area contributed by atoms with Crippen LogP contribution in [0.3, 0.4) is 0 Å². The van der Waals surface area contributed by atoms with E-state index in [9.17, 15) is 0 Å². The van der Waals surface area contributed by atoms with Crippen molar-refractivity contribution in [2.45, 2.75) is 25.8 Å². The van der Waals surface area contributed by atoms with Crippen molar-refractivity contribution in [3.8, 4) is 0 Å². The topological polar surface area (TPSA) is 33.7 Å². The van der Waals surface area contributed by atoms with Gasteiger partial charge in [0.25, 0.3) is 0 Å². The van der Waals surface area contributed by atoms with Crippen molar-refractivity contribution >= 4 is 0 Å². The smallest absolute Gasteiger partial charge is 0.0915 e. The molecule has 1 rings (SSSR count). The minimum atomic E-state index is 0.421. The lowest BCUT2D eigenvalue weighted by molar-refractivity contribution is -0.0254. The molecule has 4 heteroatoms. The first-order chi connectivity index (χ1) is 7.24. The van der Waals surface area contributed by atoms with Gasteiger partial charge in [0.1, 0.15) is 0 Å². The first kappa shape index (κ1) is 12.9. The molecule has 0 aliphatic carbocycles. The Balaban J connectivity index is 2.12. The van der Waals surface area contributed by atoms with Crippen molar-refractivity contribution in [1.82, 2.24) is 10.4 Å². The van der Waals surface area contributed by atoms with E-state index in [2.05, 4.69) is 24.4 Å². The van der Waals surface area contributed by atoms with Crippen molar-refractivity contribution in [1.29, 1.82) is 0 Å². The zero-order valence-corrected chi connectivity index (χ0v) is 10.2. The highest BCUT2D eigenvalue weighted by Gasteiger charge is 2.22. The van der Waals surface area contributed by atoms with Crippen molar-refractivity contribution < 1.29 is 9.57 Å². The molecule has 0 aromatic rings. The molecular weight excluding hydrogens is 192 g/mol. The zero-order valence-electron chi connectivity index (χ0n) is 10.2. The molecule has 1 saturated heterocycles. The molecular formula is C11H24N2O2. The molecule has 4 nitrogen and oxygen atoms in total. The highest BCUT2D eigenvalue weighted by atomic mass is 16.7. The third-order valence-corrected chi connectivity index (χ3v) is 3.03. The number of nitrogens with zero attached hydrogens (tertiary/aromatic N) is 1.